The first kappa shape index (κ1) is 35.0. The van der Waals surface area contributed by atoms with E-state index in [1.807, 2.05) is 13.8 Å². The molecule has 172 valence electrons. The van der Waals surface area contributed by atoms with E-state index in [4.69, 9.17) is 18.7 Å². The smallest absolute Gasteiger partial charge is 0.368 e. The first-order chi connectivity index (χ1) is 14.9. The molecule has 9 heteroatoms. The van der Waals surface area contributed by atoms with Crippen LogP contribution in [0.1, 0.15) is 44.6 Å². The van der Waals surface area contributed by atoms with E-state index in [0.29, 0.717) is 13.2 Å². The van der Waals surface area contributed by atoms with Crippen LogP contribution in [-0.4, -0.2) is 38.0 Å². The molecule has 3 rings (SSSR count). The van der Waals surface area contributed by atoms with Crippen LogP contribution in [0.25, 0.3) is 0 Å². The fraction of sp³-hybridized carbons (Fsp3) is 0.478. The summed E-state index contributed by atoms with van der Waals surface area (Å²) in [6, 6.07) is 6.80. The molecule has 2 aliphatic rings. The molecule has 7 nitrogen and oxygen atoms in total. The molecule has 0 amide bonds. The van der Waals surface area contributed by atoms with Crippen molar-refractivity contribution >= 4 is 10.0 Å². The Morgan fingerprint density at radius 2 is 1.44 bits per heavy atom. The van der Waals surface area contributed by atoms with Gasteiger partial charge in [-0.1, -0.05) is 49.8 Å². The van der Waals surface area contributed by atoms with Gasteiger partial charge in [0, 0.05) is 6.54 Å². The molecule has 32 heavy (non-hydrogen) atoms. The van der Waals surface area contributed by atoms with Crippen LogP contribution in [-0.2, 0) is 49.8 Å². The minimum absolute atomic E-state index is 0. The molecule has 0 radical (unpaired) electrons. The number of hydrogen-bond donors (Lipinski definition) is 0. The van der Waals surface area contributed by atoms with Gasteiger partial charge in [0.2, 0.25) is 10.0 Å². The third kappa shape index (κ3) is 13.8. The van der Waals surface area contributed by atoms with Crippen molar-refractivity contribution in [2.75, 3.05) is 19.7 Å². The van der Waals surface area contributed by atoms with Gasteiger partial charge in [-0.2, -0.15) is 6.92 Å². The van der Waals surface area contributed by atoms with E-state index in [-0.39, 0.29) is 38.1 Å². The number of sulfonamides is 1. The third-order valence-electron chi connectivity index (χ3n) is 4.44. The zero-order valence-corrected chi connectivity index (χ0v) is 22.1. The summed E-state index contributed by atoms with van der Waals surface area (Å²) in [5.41, 5.74) is 0.631. The van der Waals surface area contributed by atoms with Crippen molar-refractivity contribution in [1.29, 1.82) is 0 Å². The molecule has 0 spiro atoms. The SMILES string of the molecule is C1CCCC1.[C-]#[O+].[C-]#[O+].[C-]#[O+].[CH2-]C#CCN(CC1(C)CO1)S(=O)(=O)c1ccc(C)cc1.[W+2]. The number of nitrogens with zero attached hydrogens (tertiary/aromatic N) is 1. The Kier molecular flexibility index (Phi) is 22.0. The maximum absolute atomic E-state index is 12.6. The number of rotatable bonds is 5. The first-order valence-electron chi connectivity index (χ1n) is 9.44. The van der Waals surface area contributed by atoms with E-state index in [9.17, 15) is 8.42 Å². The van der Waals surface area contributed by atoms with E-state index < -0.39 is 10.0 Å². The van der Waals surface area contributed by atoms with Crippen molar-refractivity contribution < 1.29 is 48.2 Å². The summed E-state index contributed by atoms with van der Waals surface area (Å²) in [5, 5.41) is 0. The fourth-order valence-corrected chi connectivity index (χ4v) is 4.16. The molecular formula is C23H28NO6SW+. The summed E-state index contributed by atoms with van der Waals surface area (Å²) >= 11 is 0. The van der Waals surface area contributed by atoms with Gasteiger partial charge in [-0.3, -0.25) is 5.92 Å². The molecule has 1 saturated heterocycles. The number of benzene rings is 1. The Balaban J connectivity index is -0.000000590. The van der Waals surface area contributed by atoms with Crippen molar-refractivity contribution in [3.8, 4) is 11.8 Å². The zero-order valence-electron chi connectivity index (χ0n) is 18.4. The number of epoxide rings is 1. The predicted octanol–water partition coefficient (Wildman–Crippen LogP) is 3.45. The Morgan fingerprint density at radius 3 is 1.78 bits per heavy atom. The molecule has 1 saturated carbocycles. The minimum Gasteiger partial charge on any atom is -0.368 e. The van der Waals surface area contributed by atoms with Crippen molar-refractivity contribution in [3.63, 3.8) is 0 Å². The molecular weight excluding hydrogens is 602 g/mol. The molecule has 0 aromatic heterocycles. The monoisotopic (exact) mass is 630 g/mol. The van der Waals surface area contributed by atoms with Crippen molar-refractivity contribution in [3.05, 3.63) is 56.7 Å². The number of ether oxygens (including phenoxy) is 1. The molecule has 1 aromatic rings. The third-order valence-corrected chi connectivity index (χ3v) is 6.24. The first-order valence-corrected chi connectivity index (χ1v) is 10.9. The molecule has 2 fully saturated rings. The van der Waals surface area contributed by atoms with Crippen molar-refractivity contribution in [1.82, 2.24) is 4.31 Å². The van der Waals surface area contributed by atoms with Crippen LogP contribution in [0.2, 0.25) is 0 Å². The van der Waals surface area contributed by atoms with Crippen LogP contribution in [0.15, 0.2) is 29.2 Å². The van der Waals surface area contributed by atoms with Crippen molar-refractivity contribution in [2.24, 2.45) is 0 Å². The largest absolute Gasteiger partial charge is 2.00 e. The van der Waals surface area contributed by atoms with Gasteiger partial charge in [-0.15, -0.1) is 0 Å². The maximum atomic E-state index is 12.6. The van der Waals surface area contributed by atoms with Gasteiger partial charge in [0.15, 0.2) is 0 Å². The molecule has 1 unspecified atom stereocenters. The van der Waals surface area contributed by atoms with Crippen LogP contribution in [0.3, 0.4) is 0 Å². The molecule has 0 bridgehead atoms. The summed E-state index contributed by atoms with van der Waals surface area (Å²) in [6.07, 6.45) is 7.50. The van der Waals surface area contributed by atoms with E-state index in [0.717, 1.165) is 5.56 Å². The van der Waals surface area contributed by atoms with Gasteiger partial charge < -0.3 is 10.7 Å². The number of aryl methyl sites for hydroxylation is 1. The average Bonchev–Trinajstić information content (AvgIpc) is 3.25. The number of hydrogen-bond acceptors (Lipinski definition) is 3. The average molecular weight is 630 g/mol. The Labute approximate surface area is 206 Å². The van der Waals surface area contributed by atoms with E-state index in [1.165, 1.54) is 36.4 Å². The normalized spacial score (nSPS) is 17.3. The van der Waals surface area contributed by atoms with Gasteiger partial charge in [0.1, 0.15) is 5.60 Å². The predicted molar refractivity (Wildman–Crippen MR) is 112 cm³/mol. The van der Waals surface area contributed by atoms with Gasteiger partial charge in [-0.05, 0) is 32.5 Å². The Bertz CT molecular complexity index is 821. The summed E-state index contributed by atoms with van der Waals surface area (Å²) in [5.74, 6) is 5.21. The second-order valence-corrected chi connectivity index (χ2v) is 8.88. The molecule has 1 atom stereocenters. The van der Waals surface area contributed by atoms with Crippen molar-refractivity contribution in [2.45, 2.75) is 56.4 Å². The van der Waals surface area contributed by atoms with Crippen LogP contribution in [0.4, 0.5) is 0 Å². The molecule has 1 aromatic carbocycles. The second-order valence-electron chi connectivity index (χ2n) is 6.95. The van der Waals surface area contributed by atoms with E-state index in [1.54, 1.807) is 24.3 Å². The quantitative estimate of drug-likeness (QED) is 0.215. The van der Waals surface area contributed by atoms with Gasteiger partial charge in [0.05, 0.1) is 11.5 Å². The Morgan fingerprint density at radius 1 is 1.03 bits per heavy atom. The summed E-state index contributed by atoms with van der Waals surface area (Å²) < 4.78 is 54.4. The van der Waals surface area contributed by atoms with Gasteiger partial charge in [-0.25, -0.2) is 12.7 Å². The van der Waals surface area contributed by atoms with Gasteiger partial charge >= 0.3 is 55.0 Å². The Hall–Kier alpha value is -1.57. The molecule has 1 heterocycles. The van der Waals surface area contributed by atoms with Gasteiger partial charge in [0.25, 0.3) is 0 Å². The van der Waals surface area contributed by atoms with Crippen LogP contribution >= 0.6 is 0 Å². The topological polar surface area (TPSA) is 110 Å². The zero-order chi connectivity index (χ0) is 24.3. The molecule has 0 N–H and O–H groups in total. The van der Waals surface area contributed by atoms with E-state index >= 15 is 0 Å². The van der Waals surface area contributed by atoms with E-state index in [2.05, 4.69) is 38.7 Å². The molecule has 1 aliphatic carbocycles. The molecule has 1 aliphatic heterocycles. The second kappa shape index (κ2) is 20.1. The van der Waals surface area contributed by atoms with Crippen LogP contribution in [0, 0.1) is 45.6 Å². The summed E-state index contributed by atoms with van der Waals surface area (Å²) in [4.78, 5) is 0.276. The summed E-state index contributed by atoms with van der Waals surface area (Å²) in [6.45, 7) is 21.7. The fourth-order valence-electron chi connectivity index (χ4n) is 2.70. The maximum Gasteiger partial charge on any atom is 2.00 e. The summed E-state index contributed by atoms with van der Waals surface area (Å²) in [7, 11) is -3.56. The van der Waals surface area contributed by atoms with Crippen LogP contribution in [0.5, 0.6) is 0 Å². The standard InChI is InChI=1S/C15H18NO3S.C5H10.3CO.W/c1-4-5-10-16(11-15(3)12-19-15)20(17,18)14-8-6-13(2)7-9-14;1-2-4-5-3-1;3*1-2;/h6-9H,1,10-12H2,2-3H3;1-5H2;;;;/q-1;;;;;+2. The minimum atomic E-state index is -3.56. The van der Waals surface area contributed by atoms with Crippen LogP contribution < -0.4 is 0 Å².